The lowest BCUT2D eigenvalue weighted by Crippen LogP contribution is -2.22. The van der Waals surface area contributed by atoms with E-state index >= 15 is 0 Å². The van der Waals surface area contributed by atoms with Crippen LogP contribution in [0.1, 0.15) is 19.4 Å². The van der Waals surface area contributed by atoms with Crippen molar-refractivity contribution in [2.75, 3.05) is 16.7 Å². The van der Waals surface area contributed by atoms with Gasteiger partial charge in [0.1, 0.15) is 0 Å². The molecular formula is C12H16N2O3S. The normalized spacial score (nSPS) is 15.1. The summed E-state index contributed by atoms with van der Waals surface area (Å²) in [7, 11) is -1.63. The van der Waals surface area contributed by atoms with Gasteiger partial charge in [-0.1, -0.05) is 0 Å². The van der Waals surface area contributed by atoms with Crippen LogP contribution < -0.4 is 9.62 Å². The van der Waals surface area contributed by atoms with Gasteiger partial charge in [0.15, 0.2) is 0 Å². The molecule has 0 radical (unpaired) electrons. The fraction of sp³-hybridized carbons (Fsp3) is 0.417. The van der Waals surface area contributed by atoms with Gasteiger partial charge in [-0.05, 0) is 37.6 Å². The van der Waals surface area contributed by atoms with E-state index in [1.807, 2.05) is 0 Å². The Morgan fingerprint density at radius 1 is 1.33 bits per heavy atom. The largest absolute Gasteiger partial charge is 0.315 e. The second-order valence-corrected chi connectivity index (χ2v) is 6.91. The Balaban J connectivity index is 2.30. The highest BCUT2D eigenvalue weighted by Crippen LogP contribution is 2.30. The van der Waals surface area contributed by atoms with Crippen LogP contribution >= 0.6 is 0 Å². The predicted molar refractivity (Wildman–Crippen MR) is 71.2 cm³/mol. The van der Waals surface area contributed by atoms with Gasteiger partial charge in [0.2, 0.25) is 15.9 Å². The number of nitrogens with one attached hydrogen (secondary N) is 1. The monoisotopic (exact) mass is 268 g/mol. The van der Waals surface area contributed by atoms with E-state index in [2.05, 4.69) is 4.72 Å². The first-order valence-corrected chi connectivity index (χ1v) is 7.27. The molecule has 0 saturated heterocycles. The SMILES string of the molecule is CC(C)S(=O)(=O)Nc1ccc2c(c1)CC(=O)N2C. The van der Waals surface area contributed by atoms with Crippen molar-refractivity contribution in [1.29, 1.82) is 0 Å². The van der Waals surface area contributed by atoms with E-state index in [0.29, 0.717) is 12.1 Å². The average Bonchev–Trinajstić information content (AvgIpc) is 2.53. The molecule has 0 saturated carbocycles. The number of nitrogens with zero attached hydrogens (tertiary/aromatic N) is 1. The topological polar surface area (TPSA) is 66.5 Å². The van der Waals surface area contributed by atoms with Crippen LogP contribution in [0.25, 0.3) is 0 Å². The molecule has 18 heavy (non-hydrogen) atoms. The molecule has 1 amide bonds. The Morgan fingerprint density at radius 3 is 2.61 bits per heavy atom. The minimum Gasteiger partial charge on any atom is -0.315 e. The van der Waals surface area contributed by atoms with E-state index in [1.165, 1.54) is 0 Å². The lowest BCUT2D eigenvalue weighted by Gasteiger charge is -2.13. The molecule has 0 aliphatic carbocycles. The van der Waals surface area contributed by atoms with Crippen molar-refractivity contribution in [3.63, 3.8) is 0 Å². The molecule has 1 heterocycles. The number of hydrogen-bond acceptors (Lipinski definition) is 3. The number of amides is 1. The van der Waals surface area contributed by atoms with Crippen molar-refractivity contribution in [1.82, 2.24) is 0 Å². The first-order chi connectivity index (χ1) is 8.31. The van der Waals surface area contributed by atoms with E-state index in [1.54, 1.807) is 44.0 Å². The Kier molecular flexibility index (Phi) is 3.06. The van der Waals surface area contributed by atoms with Crippen LogP contribution in [0, 0.1) is 0 Å². The lowest BCUT2D eigenvalue weighted by molar-refractivity contribution is -0.117. The number of anilines is 2. The smallest absolute Gasteiger partial charge is 0.235 e. The van der Waals surface area contributed by atoms with Crippen LogP contribution in [0.4, 0.5) is 11.4 Å². The van der Waals surface area contributed by atoms with Crippen LogP contribution in [0.15, 0.2) is 18.2 Å². The summed E-state index contributed by atoms with van der Waals surface area (Å²) < 4.78 is 26.0. The maximum atomic E-state index is 11.7. The second kappa shape index (κ2) is 4.28. The number of carbonyl (C=O) groups is 1. The van der Waals surface area contributed by atoms with E-state index in [9.17, 15) is 13.2 Å². The maximum Gasteiger partial charge on any atom is 0.235 e. The molecule has 98 valence electrons. The van der Waals surface area contributed by atoms with Crippen LogP contribution in [0.2, 0.25) is 0 Å². The number of likely N-dealkylation sites (N-methyl/N-ethyl adjacent to an activating group) is 1. The molecule has 1 N–H and O–H groups in total. The van der Waals surface area contributed by atoms with Crippen molar-refractivity contribution < 1.29 is 13.2 Å². The molecule has 0 unspecified atom stereocenters. The van der Waals surface area contributed by atoms with Crippen molar-refractivity contribution in [2.45, 2.75) is 25.5 Å². The average molecular weight is 268 g/mol. The highest BCUT2D eigenvalue weighted by atomic mass is 32.2. The van der Waals surface area contributed by atoms with Gasteiger partial charge in [0.25, 0.3) is 0 Å². The second-order valence-electron chi connectivity index (χ2n) is 4.67. The molecule has 5 nitrogen and oxygen atoms in total. The zero-order chi connectivity index (χ0) is 13.5. The number of benzene rings is 1. The summed E-state index contributed by atoms with van der Waals surface area (Å²) in [5.41, 5.74) is 2.20. The summed E-state index contributed by atoms with van der Waals surface area (Å²) in [5, 5.41) is -0.491. The minimum atomic E-state index is -3.34. The van der Waals surface area contributed by atoms with Crippen LogP contribution in [-0.2, 0) is 21.2 Å². The Bertz CT molecular complexity index is 593. The first kappa shape index (κ1) is 12.9. The predicted octanol–water partition coefficient (Wildman–Crippen LogP) is 1.36. The Labute approximate surface area is 107 Å². The summed E-state index contributed by atoms with van der Waals surface area (Å²) >= 11 is 0. The van der Waals surface area contributed by atoms with Gasteiger partial charge in [0, 0.05) is 18.4 Å². The number of fused-ring (bicyclic) bond motifs is 1. The molecule has 1 aliphatic heterocycles. The standard InChI is InChI=1S/C12H16N2O3S/c1-8(2)18(16,17)13-10-4-5-11-9(6-10)7-12(15)14(11)3/h4-6,8,13H,7H2,1-3H3. The van der Waals surface area contributed by atoms with Crippen LogP contribution in [0.3, 0.4) is 0 Å². The first-order valence-electron chi connectivity index (χ1n) is 5.72. The molecule has 0 bridgehead atoms. The van der Waals surface area contributed by atoms with Gasteiger partial charge in [0.05, 0.1) is 11.7 Å². The van der Waals surface area contributed by atoms with Crippen molar-refractivity contribution in [2.24, 2.45) is 0 Å². The van der Waals surface area contributed by atoms with Crippen molar-refractivity contribution in [3.8, 4) is 0 Å². The molecule has 0 spiro atoms. The van der Waals surface area contributed by atoms with Crippen molar-refractivity contribution in [3.05, 3.63) is 23.8 Å². The summed E-state index contributed by atoms with van der Waals surface area (Å²) in [6.45, 7) is 3.24. The quantitative estimate of drug-likeness (QED) is 0.900. The van der Waals surface area contributed by atoms with E-state index in [4.69, 9.17) is 0 Å². The molecule has 1 aromatic rings. The zero-order valence-electron chi connectivity index (χ0n) is 10.6. The number of rotatable bonds is 3. The van der Waals surface area contributed by atoms with Gasteiger partial charge in [-0.15, -0.1) is 0 Å². The molecule has 0 fully saturated rings. The summed E-state index contributed by atoms with van der Waals surface area (Å²) in [6.07, 6.45) is 0.322. The molecule has 0 aromatic heterocycles. The third-order valence-electron chi connectivity index (χ3n) is 3.04. The Morgan fingerprint density at radius 2 is 2.00 bits per heavy atom. The van der Waals surface area contributed by atoms with E-state index in [0.717, 1.165) is 11.3 Å². The summed E-state index contributed by atoms with van der Waals surface area (Å²) in [4.78, 5) is 13.1. The van der Waals surface area contributed by atoms with Gasteiger partial charge in [-0.2, -0.15) is 0 Å². The van der Waals surface area contributed by atoms with Gasteiger partial charge >= 0.3 is 0 Å². The summed E-state index contributed by atoms with van der Waals surface area (Å²) in [6, 6.07) is 5.16. The van der Waals surface area contributed by atoms with Crippen LogP contribution in [-0.4, -0.2) is 26.6 Å². The molecule has 6 heteroatoms. The third kappa shape index (κ3) is 2.20. The van der Waals surface area contributed by atoms with E-state index in [-0.39, 0.29) is 5.91 Å². The maximum absolute atomic E-state index is 11.7. The molecule has 1 aliphatic rings. The molecule has 0 atom stereocenters. The Hall–Kier alpha value is -1.56. The lowest BCUT2D eigenvalue weighted by atomic mass is 10.1. The van der Waals surface area contributed by atoms with Gasteiger partial charge in [-0.25, -0.2) is 8.42 Å². The van der Waals surface area contributed by atoms with Crippen molar-refractivity contribution >= 4 is 27.3 Å². The summed E-state index contributed by atoms with van der Waals surface area (Å²) in [5.74, 6) is 0.0221. The minimum absolute atomic E-state index is 0.0221. The highest BCUT2D eigenvalue weighted by Gasteiger charge is 2.24. The van der Waals surface area contributed by atoms with Gasteiger partial charge < -0.3 is 4.90 Å². The molecular weight excluding hydrogens is 252 g/mol. The molecule has 2 rings (SSSR count). The fourth-order valence-corrected chi connectivity index (χ4v) is 2.51. The fourth-order valence-electron chi connectivity index (χ4n) is 1.82. The van der Waals surface area contributed by atoms with Gasteiger partial charge in [-0.3, -0.25) is 9.52 Å². The third-order valence-corrected chi connectivity index (χ3v) is 4.80. The zero-order valence-corrected chi connectivity index (χ0v) is 11.4. The highest BCUT2D eigenvalue weighted by molar-refractivity contribution is 7.93. The number of carbonyl (C=O) groups excluding carboxylic acids is 1. The van der Waals surface area contributed by atoms with Crippen LogP contribution in [0.5, 0.6) is 0 Å². The number of hydrogen-bond donors (Lipinski definition) is 1. The molecule has 1 aromatic carbocycles. The number of sulfonamides is 1. The van der Waals surface area contributed by atoms with E-state index < -0.39 is 15.3 Å².